The summed E-state index contributed by atoms with van der Waals surface area (Å²) in [5.74, 6) is -0.807. The Labute approximate surface area is 88.9 Å². The predicted molar refractivity (Wildman–Crippen MR) is 59.4 cm³/mol. The molecule has 0 aliphatic rings. The maximum absolute atomic E-state index is 10.3. The Kier molecular flexibility index (Phi) is 4.12. The fraction of sp³-hybridized carbons (Fsp3) is 0.364. The fourth-order valence-corrected chi connectivity index (χ4v) is 1.43. The van der Waals surface area contributed by atoms with Gasteiger partial charge in [0.2, 0.25) is 0 Å². The number of nitrogens with two attached hydrogens (primary N) is 2. The SMILES string of the molecule is Nc1cccc(CC(N)CCC(=O)O)c1. The lowest BCUT2D eigenvalue weighted by Crippen LogP contribution is -2.23. The first-order valence-electron chi connectivity index (χ1n) is 4.89. The molecule has 0 heterocycles. The quantitative estimate of drug-likeness (QED) is 0.630. The van der Waals surface area contributed by atoms with Crippen LogP contribution in [0.3, 0.4) is 0 Å². The van der Waals surface area contributed by atoms with E-state index in [4.69, 9.17) is 16.6 Å². The number of carboxylic acid groups (broad SMARTS) is 1. The second kappa shape index (κ2) is 5.36. The number of aliphatic carboxylic acids is 1. The Hall–Kier alpha value is -1.55. The van der Waals surface area contributed by atoms with Crippen LogP contribution in [0.1, 0.15) is 18.4 Å². The molecule has 4 heteroatoms. The van der Waals surface area contributed by atoms with E-state index in [9.17, 15) is 4.79 Å². The van der Waals surface area contributed by atoms with Gasteiger partial charge in [-0.05, 0) is 30.5 Å². The predicted octanol–water partition coefficient (Wildman–Crippen LogP) is 1.00. The Bertz CT molecular complexity index is 339. The maximum atomic E-state index is 10.3. The summed E-state index contributed by atoms with van der Waals surface area (Å²) in [6, 6.07) is 7.36. The Morgan fingerprint density at radius 3 is 2.80 bits per heavy atom. The minimum Gasteiger partial charge on any atom is -0.481 e. The molecular formula is C11H16N2O2. The van der Waals surface area contributed by atoms with E-state index in [2.05, 4.69) is 0 Å². The summed E-state index contributed by atoms with van der Waals surface area (Å²) in [6.07, 6.45) is 1.27. The Morgan fingerprint density at radius 1 is 1.47 bits per heavy atom. The molecule has 1 rings (SSSR count). The van der Waals surface area contributed by atoms with Gasteiger partial charge in [-0.15, -0.1) is 0 Å². The Morgan fingerprint density at radius 2 is 2.20 bits per heavy atom. The van der Waals surface area contributed by atoms with Gasteiger partial charge in [-0.1, -0.05) is 12.1 Å². The van der Waals surface area contributed by atoms with Crippen molar-refractivity contribution in [1.82, 2.24) is 0 Å². The van der Waals surface area contributed by atoms with Crippen LogP contribution in [0, 0.1) is 0 Å². The molecule has 1 atom stereocenters. The van der Waals surface area contributed by atoms with E-state index in [1.165, 1.54) is 0 Å². The molecule has 0 spiro atoms. The Balaban J connectivity index is 2.44. The molecule has 0 saturated carbocycles. The van der Waals surface area contributed by atoms with Crippen molar-refractivity contribution in [2.75, 3.05) is 5.73 Å². The van der Waals surface area contributed by atoms with E-state index in [1.54, 1.807) is 0 Å². The van der Waals surface area contributed by atoms with Crippen molar-refractivity contribution in [1.29, 1.82) is 0 Å². The first-order valence-corrected chi connectivity index (χ1v) is 4.89. The summed E-state index contributed by atoms with van der Waals surface area (Å²) in [5, 5.41) is 8.50. The zero-order valence-electron chi connectivity index (χ0n) is 8.52. The van der Waals surface area contributed by atoms with Crippen LogP contribution in [-0.2, 0) is 11.2 Å². The molecule has 0 aliphatic heterocycles. The summed E-state index contributed by atoms with van der Waals surface area (Å²) in [7, 11) is 0. The number of hydrogen-bond donors (Lipinski definition) is 3. The molecule has 0 aliphatic carbocycles. The van der Waals surface area contributed by atoms with Crippen molar-refractivity contribution in [2.24, 2.45) is 5.73 Å². The third kappa shape index (κ3) is 4.46. The molecule has 15 heavy (non-hydrogen) atoms. The molecular weight excluding hydrogens is 192 g/mol. The smallest absolute Gasteiger partial charge is 0.303 e. The molecule has 82 valence electrons. The fourth-order valence-electron chi connectivity index (χ4n) is 1.43. The summed E-state index contributed by atoms with van der Waals surface area (Å²) < 4.78 is 0. The van der Waals surface area contributed by atoms with E-state index in [0.29, 0.717) is 18.5 Å². The first-order chi connectivity index (χ1) is 7.08. The molecule has 1 aromatic carbocycles. The van der Waals surface area contributed by atoms with Crippen molar-refractivity contribution >= 4 is 11.7 Å². The molecule has 0 radical (unpaired) electrons. The van der Waals surface area contributed by atoms with Crippen LogP contribution in [0.15, 0.2) is 24.3 Å². The van der Waals surface area contributed by atoms with Crippen LogP contribution in [-0.4, -0.2) is 17.1 Å². The second-order valence-electron chi connectivity index (χ2n) is 3.64. The van der Waals surface area contributed by atoms with E-state index in [0.717, 1.165) is 5.56 Å². The van der Waals surface area contributed by atoms with Gasteiger partial charge in [0.15, 0.2) is 0 Å². The molecule has 0 aromatic heterocycles. The van der Waals surface area contributed by atoms with E-state index in [-0.39, 0.29) is 12.5 Å². The summed E-state index contributed by atoms with van der Waals surface area (Å²) in [6.45, 7) is 0. The minimum atomic E-state index is -0.807. The van der Waals surface area contributed by atoms with Crippen molar-refractivity contribution in [3.8, 4) is 0 Å². The van der Waals surface area contributed by atoms with Gasteiger partial charge in [-0.3, -0.25) is 4.79 Å². The van der Waals surface area contributed by atoms with E-state index < -0.39 is 5.97 Å². The third-order valence-electron chi connectivity index (χ3n) is 2.18. The standard InChI is InChI=1S/C11H16N2O2/c12-9-3-1-2-8(6-9)7-10(13)4-5-11(14)15/h1-3,6,10H,4-5,7,12-13H2,(H,14,15). The minimum absolute atomic E-state index is 0.115. The molecule has 4 nitrogen and oxygen atoms in total. The highest BCUT2D eigenvalue weighted by molar-refractivity contribution is 5.66. The van der Waals surface area contributed by atoms with Crippen LogP contribution in [0.25, 0.3) is 0 Å². The average molecular weight is 208 g/mol. The number of benzene rings is 1. The number of hydrogen-bond acceptors (Lipinski definition) is 3. The van der Waals surface area contributed by atoms with Gasteiger partial charge in [-0.2, -0.15) is 0 Å². The lowest BCUT2D eigenvalue weighted by Gasteiger charge is -2.10. The van der Waals surface area contributed by atoms with Crippen molar-refractivity contribution in [3.05, 3.63) is 29.8 Å². The molecule has 0 amide bonds. The monoisotopic (exact) mass is 208 g/mol. The second-order valence-corrected chi connectivity index (χ2v) is 3.64. The molecule has 0 bridgehead atoms. The third-order valence-corrected chi connectivity index (χ3v) is 2.18. The highest BCUT2D eigenvalue weighted by Crippen LogP contribution is 2.10. The zero-order valence-corrected chi connectivity index (χ0v) is 8.52. The van der Waals surface area contributed by atoms with Crippen LogP contribution < -0.4 is 11.5 Å². The molecule has 0 fully saturated rings. The number of nitrogen functional groups attached to an aromatic ring is 1. The van der Waals surface area contributed by atoms with Gasteiger partial charge >= 0.3 is 5.97 Å². The van der Waals surface area contributed by atoms with Crippen molar-refractivity contribution in [2.45, 2.75) is 25.3 Å². The van der Waals surface area contributed by atoms with Crippen LogP contribution in [0.4, 0.5) is 5.69 Å². The molecule has 1 unspecified atom stereocenters. The highest BCUT2D eigenvalue weighted by atomic mass is 16.4. The first kappa shape index (κ1) is 11.5. The van der Waals surface area contributed by atoms with Gasteiger partial charge < -0.3 is 16.6 Å². The summed E-state index contributed by atoms with van der Waals surface area (Å²) >= 11 is 0. The molecule has 0 saturated heterocycles. The lowest BCUT2D eigenvalue weighted by atomic mass is 10.0. The van der Waals surface area contributed by atoms with Crippen molar-refractivity contribution in [3.63, 3.8) is 0 Å². The number of anilines is 1. The van der Waals surface area contributed by atoms with Crippen molar-refractivity contribution < 1.29 is 9.90 Å². The number of rotatable bonds is 5. The normalized spacial score (nSPS) is 12.3. The number of carbonyl (C=O) groups is 1. The van der Waals surface area contributed by atoms with Gasteiger partial charge in [0.25, 0.3) is 0 Å². The van der Waals surface area contributed by atoms with Gasteiger partial charge in [0.1, 0.15) is 0 Å². The zero-order chi connectivity index (χ0) is 11.3. The lowest BCUT2D eigenvalue weighted by molar-refractivity contribution is -0.137. The molecule has 5 N–H and O–H groups in total. The topological polar surface area (TPSA) is 89.3 Å². The van der Waals surface area contributed by atoms with Gasteiger partial charge in [-0.25, -0.2) is 0 Å². The van der Waals surface area contributed by atoms with E-state index >= 15 is 0 Å². The van der Waals surface area contributed by atoms with E-state index in [1.807, 2.05) is 24.3 Å². The highest BCUT2D eigenvalue weighted by Gasteiger charge is 2.06. The van der Waals surface area contributed by atoms with Gasteiger partial charge in [0, 0.05) is 18.2 Å². The number of carboxylic acids is 1. The summed E-state index contributed by atoms with van der Waals surface area (Å²) in [5.41, 5.74) is 13.2. The summed E-state index contributed by atoms with van der Waals surface area (Å²) in [4.78, 5) is 10.3. The van der Waals surface area contributed by atoms with Crippen LogP contribution >= 0.6 is 0 Å². The van der Waals surface area contributed by atoms with Crippen LogP contribution in [0.2, 0.25) is 0 Å². The van der Waals surface area contributed by atoms with Crippen LogP contribution in [0.5, 0.6) is 0 Å². The van der Waals surface area contributed by atoms with Gasteiger partial charge in [0.05, 0.1) is 0 Å². The molecule has 1 aromatic rings. The average Bonchev–Trinajstić information content (AvgIpc) is 2.15. The largest absolute Gasteiger partial charge is 0.481 e. The maximum Gasteiger partial charge on any atom is 0.303 e.